The number of pyridine rings is 1. The summed E-state index contributed by atoms with van der Waals surface area (Å²) in [6, 6.07) is 14.1. The number of methoxy groups -OCH3 is 1. The highest BCUT2D eigenvalue weighted by Gasteiger charge is 2.33. The SMILES string of the molecule is COc1cc(Nc2nc3c(-c4ccccc4C(F)(F)F)cccn3n2)ccc1-n1cnc(C)c1. The smallest absolute Gasteiger partial charge is 0.417 e. The lowest BCUT2D eigenvalue weighted by Crippen LogP contribution is -2.07. The maximum Gasteiger partial charge on any atom is 0.417 e. The number of benzene rings is 2. The van der Waals surface area contributed by atoms with Crippen LogP contribution >= 0.6 is 0 Å². The molecule has 0 saturated heterocycles. The van der Waals surface area contributed by atoms with E-state index in [0.29, 0.717) is 22.6 Å². The summed E-state index contributed by atoms with van der Waals surface area (Å²) in [5, 5.41) is 7.49. The van der Waals surface area contributed by atoms with Gasteiger partial charge in [-0.2, -0.15) is 18.2 Å². The highest BCUT2D eigenvalue weighted by Crippen LogP contribution is 2.38. The first-order valence-corrected chi connectivity index (χ1v) is 10.3. The third-order valence-corrected chi connectivity index (χ3v) is 5.31. The molecule has 0 spiro atoms. The van der Waals surface area contributed by atoms with Gasteiger partial charge < -0.3 is 14.6 Å². The van der Waals surface area contributed by atoms with Crippen molar-refractivity contribution >= 4 is 17.3 Å². The monoisotopic (exact) mass is 464 g/mol. The van der Waals surface area contributed by atoms with Crippen LogP contribution in [-0.2, 0) is 6.18 Å². The Labute approximate surface area is 192 Å². The number of halogens is 3. The lowest BCUT2D eigenvalue weighted by atomic mass is 10.0. The third kappa shape index (κ3) is 3.94. The van der Waals surface area contributed by atoms with E-state index in [9.17, 15) is 13.2 Å². The number of aromatic nitrogens is 5. The number of anilines is 2. The van der Waals surface area contributed by atoms with E-state index in [1.54, 1.807) is 43.9 Å². The van der Waals surface area contributed by atoms with Crippen molar-refractivity contribution in [3.05, 3.63) is 84.6 Å². The van der Waals surface area contributed by atoms with Gasteiger partial charge in [0.2, 0.25) is 5.95 Å². The van der Waals surface area contributed by atoms with Crippen LogP contribution in [0.3, 0.4) is 0 Å². The molecule has 0 saturated carbocycles. The van der Waals surface area contributed by atoms with Crippen molar-refractivity contribution in [1.29, 1.82) is 0 Å². The molecule has 0 aliphatic rings. The minimum Gasteiger partial charge on any atom is -0.494 e. The molecule has 1 N–H and O–H groups in total. The van der Waals surface area contributed by atoms with Gasteiger partial charge in [0.15, 0.2) is 5.65 Å². The van der Waals surface area contributed by atoms with Crippen LogP contribution in [0.2, 0.25) is 0 Å². The number of ether oxygens (including phenoxy) is 1. The van der Waals surface area contributed by atoms with E-state index in [2.05, 4.69) is 20.4 Å². The molecule has 34 heavy (non-hydrogen) atoms. The Morgan fingerprint density at radius 1 is 1.00 bits per heavy atom. The number of alkyl halides is 3. The fraction of sp³-hybridized carbons (Fsp3) is 0.125. The standard InChI is InChI=1S/C24H19F3N6O/c1-15-13-32(14-28-15)20-10-9-16(12-21(20)34-2)29-23-30-22-18(7-5-11-33(22)31-23)17-6-3-4-8-19(17)24(25,26)27/h3-14H,1-2H3,(H,29,31). The average molecular weight is 464 g/mol. The van der Waals surface area contributed by atoms with Crippen LogP contribution in [0.25, 0.3) is 22.5 Å². The quantitative estimate of drug-likeness (QED) is 0.363. The first-order valence-electron chi connectivity index (χ1n) is 10.3. The Balaban J connectivity index is 1.52. The molecule has 7 nitrogen and oxygen atoms in total. The van der Waals surface area contributed by atoms with Crippen molar-refractivity contribution in [3.8, 4) is 22.6 Å². The number of hydrogen-bond acceptors (Lipinski definition) is 5. The summed E-state index contributed by atoms with van der Waals surface area (Å²) in [6.07, 6.45) is 0.730. The third-order valence-electron chi connectivity index (χ3n) is 5.31. The van der Waals surface area contributed by atoms with Crippen LogP contribution in [0.5, 0.6) is 5.75 Å². The number of fused-ring (bicyclic) bond motifs is 1. The fourth-order valence-corrected chi connectivity index (χ4v) is 3.79. The molecule has 0 unspecified atom stereocenters. The van der Waals surface area contributed by atoms with Gasteiger partial charge in [-0.15, -0.1) is 5.10 Å². The number of imidazole rings is 1. The molecule has 3 aromatic heterocycles. The van der Waals surface area contributed by atoms with Crippen LogP contribution in [-0.4, -0.2) is 31.3 Å². The zero-order chi connectivity index (χ0) is 23.9. The van der Waals surface area contributed by atoms with Crippen LogP contribution < -0.4 is 10.1 Å². The molecule has 5 rings (SSSR count). The number of hydrogen-bond donors (Lipinski definition) is 1. The van der Waals surface area contributed by atoms with Gasteiger partial charge in [-0.1, -0.05) is 18.2 Å². The molecular weight excluding hydrogens is 445 g/mol. The minimum atomic E-state index is -4.49. The normalized spacial score (nSPS) is 11.7. The Morgan fingerprint density at radius 2 is 1.79 bits per heavy atom. The second kappa shape index (κ2) is 8.22. The summed E-state index contributed by atoms with van der Waals surface area (Å²) in [6.45, 7) is 1.90. The number of nitrogens with one attached hydrogen (secondary N) is 1. The summed E-state index contributed by atoms with van der Waals surface area (Å²) in [7, 11) is 1.57. The molecule has 2 aromatic carbocycles. The van der Waals surface area contributed by atoms with E-state index in [4.69, 9.17) is 4.74 Å². The summed E-state index contributed by atoms with van der Waals surface area (Å²) in [5.74, 6) is 0.844. The Kier molecular flexibility index (Phi) is 5.20. The molecule has 0 aliphatic heterocycles. The maximum atomic E-state index is 13.6. The predicted octanol–water partition coefficient (Wildman–Crippen LogP) is 5.66. The van der Waals surface area contributed by atoms with Crippen molar-refractivity contribution in [3.63, 3.8) is 0 Å². The van der Waals surface area contributed by atoms with Crippen molar-refractivity contribution < 1.29 is 17.9 Å². The van der Waals surface area contributed by atoms with Gasteiger partial charge >= 0.3 is 6.18 Å². The second-order valence-corrected chi connectivity index (χ2v) is 7.60. The van der Waals surface area contributed by atoms with Crippen LogP contribution in [0.1, 0.15) is 11.3 Å². The number of aryl methyl sites for hydroxylation is 1. The van der Waals surface area contributed by atoms with E-state index in [0.717, 1.165) is 17.4 Å². The van der Waals surface area contributed by atoms with Gasteiger partial charge in [-0.05, 0) is 42.8 Å². The molecule has 0 aliphatic carbocycles. The number of nitrogens with zero attached hydrogens (tertiary/aromatic N) is 5. The van der Waals surface area contributed by atoms with Crippen molar-refractivity contribution in [2.75, 3.05) is 12.4 Å². The van der Waals surface area contributed by atoms with Crippen molar-refractivity contribution in [2.45, 2.75) is 13.1 Å². The molecule has 0 fully saturated rings. The molecule has 10 heteroatoms. The summed E-state index contributed by atoms with van der Waals surface area (Å²) in [4.78, 5) is 8.70. The predicted molar refractivity (Wildman–Crippen MR) is 122 cm³/mol. The highest BCUT2D eigenvalue weighted by molar-refractivity contribution is 5.80. The lowest BCUT2D eigenvalue weighted by molar-refractivity contribution is -0.137. The van der Waals surface area contributed by atoms with Gasteiger partial charge in [0.1, 0.15) is 5.75 Å². The summed E-state index contributed by atoms with van der Waals surface area (Å²) >= 11 is 0. The van der Waals surface area contributed by atoms with Gasteiger partial charge in [-0.3, -0.25) is 0 Å². The molecule has 0 radical (unpaired) electrons. The molecule has 0 bridgehead atoms. The van der Waals surface area contributed by atoms with Gasteiger partial charge in [0, 0.05) is 29.7 Å². The fourth-order valence-electron chi connectivity index (χ4n) is 3.79. The minimum absolute atomic E-state index is 0.0428. The van der Waals surface area contributed by atoms with Crippen LogP contribution in [0.15, 0.2) is 73.3 Å². The highest BCUT2D eigenvalue weighted by atomic mass is 19.4. The maximum absolute atomic E-state index is 13.6. The van der Waals surface area contributed by atoms with E-state index in [-0.39, 0.29) is 11.5 Å². The molecule has 0 atom stereocenters. The largest absolute Gasteiger partial charge is 0.494 e. The Hall–Kier alpha value is -4.34. The van der Waals surface area contributed by atoms with Gasteiger partial charge in [0.05, 0.1) is 30.4 Å². The van der Waals surface area contributed by atoms with E-state index in [1.165, 1.54) is 16.6 Å². The van der Waals surface area contributed by atoms with E-state index >= 15 is 0 Å². The van der Waals surface area contributed by atoms with E-state index in [1.807, 2.05) is 29.8 Å². The first kappa shape index (κ1) is 21.5. The molecule has 172 valence electrons. The number of rotatable bonds is 5. The molecule has 3 heterocycles. The summed E-state index contributed by atoms with van der Waals surface area (Å²) in [5.41, 5.74) is 2.30. The van der Waals surface area contributed by atoms with Crippen molar-refractivity contribution in [2.24, 2.45) is 0 Å². The zero-order valence-corrected chi connectivity index (χ0v) is 18.2. The van der Waals surface area contributed by atoms with E-state index < -0.39 is 11.7 Å². The lowest BCUT2D eigenvalue weighted by Gasteiger charge is -2.12. The van der Waals surface area contributed by atoms with Crippen LogP contribution in [0.4, 0.5) is 24.8 Å². The molecule has 0 amide bonds. The van der Waals surface area contributed by atoms with Gasteiger partial charge in [-0.25, -0.2) is 9.50 Å². The topological polar surface area (TPSA) is 69.3 Å². The van der Waals surface area contributed by atoms with Crippen LogP contribution in [0, 0.1) is 6.92 Å². The Bertz CT molecular complexity index is 1490. The van der Waals surface area contributed by atoms with Crippen molar-refractivity contribution in [1.82, 2.24) is 24.1 Å². The Morgan fingerprint density at radius 3 is 2.53 bits per heavy atom. The second-order valence-electron chi connectivity index (χ2n) is 7.60. The molecule has 5 aromatic rings. The van der Waals surface area contributed by atoms with Gasteiger partial charge in [0.25, 0.3) is 0 Å². The average Bonchev–Trinajstić information content (AvgIpc) is 3.43. The zero-order valence-electron chi connectivity index (χ0n) is 18.2. The molecular formula is C24H19F3N6O. The first-order chi connectivity index (χ1) is 16.3. The summed E-state index contributed by atoms with van der Waals surface area (Å²) < 4.78 is 49.6.